The molecule has 0 amide bonds. The third kappa shape index (κ3) is 2.05. The molecular weight excluding hydrogens is 252 g/mol. The van der Waals surface area contributed by atoms with Gasteiger partial charge in [-0.3, -0.25) is 4.79 Å². The van der Waals surface area contributed by atoms with Gasteiger partial charge in [0.15, 0.2) is 0 Å². The molecule has 2 aromatic carbocycles. The zero-order chi connectivity index (χ0) is 14.1. The monoisotopic (exact) mass is 268 g/mol. The summed E-state index contributed by atoms with van der Waals surface area (Å²) in [5.74, 6) is 0.0735. The quantitative estimate of drug-likeness (QED) is 0.867. The second-order valence-corrected chi connectivity index (χ2v) is 4.92. The molecule has 0 radical (unpaired) electrons. The van der Waals surface area contributed by atoms with Gasteiger partial charge in [0.1, 0.15) is 5.75 Å². The minimum atomic E-state index is -0.187. The van der Waals surface area contributed by atoms with Gasteiger partial charge >= 0.3 is 5.97 Å². The SMILES string of the molecule is CCOC(=O)CC1c2ccccc2-c2cc(O)ccc21. The molecule has 0 saturated carbocycles. The molecule has 2 aromatic rings. The van der Waals surface area contributed by atoms with Crippen molar-refractivity contribution in [2.45, 2.75) is 19.3 Å². The van der Waals surface area contributed by atoms with Crippen LogP contribution in [0.2, 0.25) is 0 Å². The zero-order valence-electron chi connectivity index (χ0n) is 11.3. The minimum Gasteiger partial charge on any atom is -0.508 e. The van der Waals surface area contributed by atoms with Gasteiger partial charge in [0.05, 0.1) is 13.0 Å². The molecule has 1 N–H and O–H groups in total. The lowest BCUT2D eigenvalue weighted by Crippen LogP contribution is -2.09. The van der Waals surface area contributed by atoms with E-state index < -0.39 is 0 Å². The van der Waals surface area contributed by atoms with Crippen LogP contribution in [0.5, 0.6) is 5.75 Å². The average molecular weight is 268 g/mol. The number of fused-ring (bicyclic) bond motifs is 3. The van der Waals surface area contributed by atoms with E-state index in [0.717, 1.165) is 22.3 Å². The lowest BCUT2D eigenvalue weighted by atomic mass is 9.94. The number of rotatable bonds is 3. The number of esters is 1. The maximum atomic E-state index is 11.8. The Bertz CT molecular complexity index is 661. The Morgan fingerprint density at radius 1 is 1.15 bits per heavy atom. The van der Waals surface area contributed by atoms with E-state index in [1.54, 1.807) is 12.1 Å². The first-order chi connectivity index (χ1) is 9.70. The number of hydrogen-bond acceptors (Lipinski definition) is 3. The van der Waals surface area contributed by atoms with Crippen LogP contribution in [0, 0.1) is 0 Å². The molecule has 0 heterocycles. The largest absolute Gasteiger partial charge is 0.508 e. The van der Waals surface area contributed by atoms with Crippen LogP contribution >= 0.6 is 0 Å². The summed E-state index contributed by atoms with van der Waals surface area (Å²) in [5, 5.41) is 9.68. The van der Waals surface area contributed by atoms with Crippen LogP contribution in [0.15, 0.2) is 42.5 Å². The van der Waals surface area contributed by atoms with Crippen molar-refractivity contribution in [1.29, 1.82) is 0 Å². The molecule has 1 aliphatic rings. The normalized spacial score (nSPS) is 15.6. The Labute approximate surface area is 117 Å². The van der Waals surface area contributed by atoms with E-state index in [0.29, 0.717) is 13.0 Å². The van der Waals surface area contributed by atoms with Crippen LogP contribution in [0.3, 0.4) is 0 Å². The Kier molecular flexibility index (Phi) is 3.18. The molecular formula is C17H16O3. The molecule has 102 valence electrons. The van der Waals surface area contributed by atoms with E-state index in [4.69, 9.17) is 4.74 Å². The molecule has 0 bridgehead atoms. The third-order valence-electron chi connectivity index (χ3n) is 3.71. The number of hydrogen-bond donors (Lipinski definition) is 1. The summed E-state index contributed by atoms with van der Waals surface area (Å²) in [6.45, 7) is 2.21. The van der Waals surface area contributed by atoms with Crippen LogP contribution in [0.4, 0.5) is 0 Å². The fraction of sp³-hybridized carbons (Fsp3) is 0.235. The Hall–Kier alpha value is -2.29. The summed E-state index contributed by atoms with van der Waals surface area (Å²) >= 11 is 0. The Morgan fingerprint density at radius 3 is 2.70 bits per heavy atom. The van der Waals surface area contributed by atoms with Crippen LogP contribution in [0.25, 0.3) is 11.1 Å². The molecule has 3 rings (SSSR count). The first-order valence-electron chi connectivity index (χ1n) is 6.78. The van der Waals surface area contributed by atoms with Gasteiger partial charge in [0.2, 0.25) is 0 Å². The number of ether oxygens (including phenoxy) is 1. The molecule has 0 aromatic heterocycles. The summed E-state index contributed by atoms with van der Waals surface area (Å²) in [5.41, 5.74) is 4.31. The van der Waals surface area contributed by atoms with Crippen molar-refractivity contribution < 1.29 is 14.6 Å². The molecule has 0 saturated heterocycles. The highest BCUT2D eigenvalue weighted by atomic mass is 16.5. The van der Waals surface area contributed by atoms with E-state index in [1.165, 1.54) is 0 Å². The van der Waals surface area contributed by atoms with Crippen LogP contribution in [-0.4, -0.2) is 17.7 Å². The van der Waals surface area contributed by atoms with E-state index >= 15 is 0 Å². The van der Waals surface area contributed by atoms with Crippen molar-refractivity contribution in [3.8, 4) is 16.9 Å². The summed E-state index contributed by atoms with van der Waals surface area (Å²) < 4.78 is 5.07. The Balaban J connectivity index is 2.05. The molecule has 1 aliphatic carbocycles. The van der Waals surface area contributed by atoms with Gasteiger partial charge in [-0.1, -0.05) is 30.3 Å². The van der Waals surface area contributed by atoms with E-state index in [2.05, 4.69) is 0 Å². The molecule has 0 aliphatic heterocycles. The topological polar surface area (TPSA) is 46.5 Å². The number of aromatic hydroxyl groups is 1. The van der Waals surface area contributed by atoms with Crippen LogP contribution < -0.4 is 0 Å². The molecule has 1 atom stereocenters. The summed E-state index contributed by atoms with van der Waals surface area (Å²) in [6, 6.07) is 13.3. The Morgan fingerprint density at radius 2 is 1.90 bits per heavy atom. The van der Waals surface area contributed by atoms with Crippen LogP contribution in [0.1, 0.15) is 30.4 Å². The molecule has 1 unspecified atom stereocenters. The fourth-order valence-electron chi connectivity index (χ4n) is 2.90. The van der Waals surface area contributed by atoms with E-state index in [1.807, 2.05) is 37.3 Å². The molecule has 0 fully saturated rings. The van der Waals surface area contributed by atoms with E-state index in [-0.39, 0.29) is 17.6 Å². The van der Waals surface area contributed by atoms with Gasteiger partial charge in [-0.25, -0.2) is 0 Å². The standard InChI is InChI=1S/C17H16O3/c1-2-20-17(19)10-16-13-6-4-3-5-12(13)15-9-11(18)7-8-14(15)16/h3-9,16,18H,2,10H2,1H3. The van der Waals surface area contributed by atoms with Gasteiger partial charge in [-0.15, -0.1) is 0 Å². The van der Waals surface area contributed by atoms with Crippen molar-refractivity contribution in [2.24, 2.45) is 0 Å². The van der Waals surface area contributed by atoms with Gasteiger partial charge < -0.3 is 9.84 Å². The smallest absolute Gasteiger partial charge is 0.306 e. The van der Waals surface area contributed by atoms with E-state index in [9.17, 15) is 9.90 Å². The van der Waals surface area contributed by atoms with Crippen molar-refractivity contribution in [3.05, 3.63) is 53.6 Å². The molecule has 20 heavy (non-hydrogen) atoms. The highest BCUT2D eigenvalue weighted by Crippen LogP contribution is 2.47. The third-order valence-corrected chi connectivity index (χ3v) is 3.71. The van der Waals surface area contributed by atoms with Gasteiger partial charge in [-0.2, -0.15) is 0 Å². The first-order valence-corrected chi connectivity index (χ1v) is 6.78. The van der Waals surface area contributed by atoms with Gasteiger partial charge in [0.25, 0.3) is 0 Å². The molecule has 0 spiro atoms. The number of carbonyl (C=O) groups is 1. The second kappa shape index (κ2) is 5.00. The van der Waals surface area contributed by atoms with Crippen LogP contribution in [-0.2, 0) is 9.53 Å². The lowest BCUT2D eigenvalue weighted by molar-refractivity contribution is -0.143. The predicted molar refractivity (Wildman–Crippen MR) is 76.6 cm³/mol. The van der Waals surface area contributed by atoms with Crippen molar-refractivity contribution in [2.75, 3.05) is 6.61 Å². The summed E-state index contributed by atoms with van der Waals surface area (Å²) in [4.78, 5) is 11.8. The number of phenolic OH excluding ortho intramolecular Hbond substituents is 1. The number of carbonyl (C=O) groups excluding carboxylic acids is 1. The zero-order valence-corrected chi connectivity index (χ0v) is 11.3. The lowest BCUT2D eigenvalue weighted by Gasteiger charge is -2.12. The minimum absolute atomic E-state index is 0.0147. The van der Waals surface area contributed by atoms with Gasteiger partial charge in [-0.05, 0) is 41.3 Å². The van der Waals surface area contributed by atoms with Crippen molar-refractivity contribution in [3.63, 3.8) is 0 Å². The molecule has 3 nitrogen and oxygen atoms in total. The highest BCUT2D eigenvalue weighted by molar-refractivity contribution is 5.82. The average Bonchev–Trinajstić information content (AvgIpc) is 2.74. The van der Waals surface area contributed by atoms with Gasteiger partial charge in [0, 0.05) is 5.92 Å². The predicted octanol–water partition coefficient (Wildman–Crippen LogP) is 3.46. The maximum Gasteiger partial charge on any atom is 0.306 e. The van der Waals surface area contributed by atoms with Crippen molar-refractivity contribution >= 4 is 5.97 Å². The maximum absolute atomic E-state index is 11.8. The highest BCUT2D eigenvalue weighted by Gasteiger charge is 2.30. The number of phenols is 1. The molecule has 3 heteroatoms. The summed E-state index contributed by atoms with van der Waals surface area (Å²) in [7, 11) is 0. The second-order valence-electron chi connectivity index (χ2n) is 4.92. The summed E-state index contributed by atoms with van der Waals surface area (Å²) in [6.07, 6.45) is 0.336. The first kappa shape index (κ1) is 12.7. The number of benzene rings is 2. The fourth-order valence-corrected chi connectivity index (χ4v) is 2.90. The van der Waals surface area contributed by atoms with Crippen molar-refractivity contribution in [1.82, 2.24) is 0 Å².